The highest BCUT2D eigenvalue weighted by molar-refractivity contribution is 5.69. The van der Waals surface area contributed by atoms with E-state index in [9.17, 15) is 9.90 Å². The van der Waals surface area contributed by atoms with Crippen molar-refractivity contribution < 1.29 is 26.1 Å². The molecule has 0 aliphatic rings. The quantitative estimate of drug-likeness (QED) is 0.421. The van der Waals surface area contributed by atoms with E-state index in [1.807, 2.05) is 6.92 Å². The van der Waals surface area contributed by atoms with Gasteiger partial charge in [-0.3, -0.25) is 4.79 Å². The summed E-state index contributed by atoms with van der Waals surface area (Å²) in [4.78, 5) is 10.8. The van der Waals surface area contributed by atoms with Crippen LogP contribution in [0.4, 0.5) is 0 Å². The van der Waals surface area contributed by atoms with Crippen molar-refractivity contribution in [3.8, 4) is 0 Å². The predicted molar refractivity (Wildman–Crippen MR) is 46.3 cm³/mol. The molecule has 0 aromatic rings. The smallest absolute Gasteiger partial charge is 0.311 e. The van der Waals surface area contributed by atoms with Crippen LogP contribution in [0.1, 0.15) is 19.8 Å². The molecular formula is C8H20N2O3+2. The summed E-state index contributed by atoms with van der Waals surface area (Å²) >= 11 is 0. The highest BCUT2D eigenvalue weighted by atomic mass is 16.5. The van der Waals surface area contributed by atoms with Gasteiger partial charge in [-0.15, -0.1) is 0 Å². The molecule has 0 heterocycles. The van der Waals surface area contributed by atoms with E-state index in [0.29, 0.717) is 6.42 Å². The van der Waals surface area contributed by atoms with Crippen molar-refractivity contribution in [2.45, 2.75) is 38.0 Å². The first-order valence-electron chi connectivity index (χ1n) is 4.38. The Hall–Kier alpha value is -0.650. The van der Waals surface area contributed by atoms with Gasteiger partial charge in [-0.25, -0.2) is 0 Å². The van der Waals surface area contributed by atoms with E-state index < -0.39 is 6.10 Å². The molecule has 13 heavy (non-hydrogen) atoms. The number of quaternary nitrogens is 2. The standard InChI is InChI=1S/C8H18N2O3/c1-5(9)7(11)3-6(10)4-8(12)13-2/h5-7,11H,3-4,9-10H2,1-2H3/p+2/t5-,6-,7-/m1/s1. The molecule has 0 saturated heterocycles. The molecule has 0 unspecified atom stereocenters. The molecular weight excluding hydrogens is 172 g/mol. The summed E-state index contributed by atoms with van der Waals surface area (Å²) in [6, 6.07) is -0.145. The van der Waals surface area contributed by atoms with E-state index in [2.05, 4.69) is 16.2 Å². The van der Waals surface area contributed by atoms with E-state index >= 15 is 0 Å². The van der Waals surface area contributed by atoms with Gasteiger partial charge in [0.15, 0.2) is 0 Å². The summed E-state index contributed by atoms with van der Waals surface area (Å²) in [5.41, 5.74) is 7.46. The predicted octanol–water partition coefficient (Wildman–Crippen LogP) is -2.46. The first-order chi connectivity index (χ1) is 5.97. The van der Waals surface area contributed by atoms with Gasteiger partial charge in [-0.1, -0.05) is 0 Å². The molecule has 0 saturated carbocycles. The molecule has 0 bridgehead atoms. The molecule has 0 fully saturated rings. The fourth-order valence-electron chi connectivity index (χ4n) is 0.976. The van der Waals surface area contributed by atoms with Crippen LogP contribution >= 0.6 is 0 Å². The van der Waals surface area contributed by atoms with Gasteiger partial charge in [0.25, 0.3) is 0 Å². The largest absolute Gasteiger partial charge is 0.469 e. The lowest BCUT2D eigenvalue weighted by atomic mass is 10.0. The Morgan fingerprint density at radius 3 is 2.46 bits per heavy atom. The highest BCUT2D eigenvalue weighted by Crippen LogP contribution is 2.01. The number of carbonyl (C=O) groups is 1. The summed E-state index contributed by atoms with van der Waals surface area (Å²) < 4.78 is 4.49. The lowest BCUT2D eigenvalue weighted by Gasteiger charge is -2.14. The molecule has 0 aromatic carbocycles. The summed E-state index contributed by atoms with van der Waals surface area (Å²) in [7, 11) is 1.34. The average molecular weight is 192 g/mol. The zero-order valence-corrected chi connectivity index (χ0v) is 8.32. The molecule has 0 aliphatic carbocycles. The Balaban J connectivity index is 3.73. The maximum absolute atomic E-state index is 10.8. The van der Waals surface area contributed by atoms with E-state index in [0.717, 1.165) is 0 Å². The minimum Gasteiger partial charge on any atom is -0.469 e. The van der Waals surface area contributed by atoms with Crippen LogP contribution in [0.5, 0.6) is 0 Å². The first-order valence-corrected chi connectivity index (χ1v) is 4.38. The van der Waals surface area contributed by atoms with Crippen LogP contribution in [0.3, 0.4) is 0 Å². The molecule has 5 nitrogen and oxygen atoms in total. The molecule has 3 atom stereocenters. The van der Waals surface area contributed by atoms with Crippen molar-refractivity contribution in [3.63, 3.8) is 0 Å². The van der Waals surface area contributed by atoms with Crippen molar-refractivity contribution in [1.29, 1.82) is 0 Å². The molecule has 5 heteroatoms. The second-order valence-electron chi connectivity index (χ2n) is 3.43. The van der Waals surface area contributed by atoms with E-state index in [1.54, 1.807) is 0 Å². The van der Waals surface area contributed by atoms with E-state index in [-0.39, 0.29) is 24.5 Å². The maximum Gasteiger partial charge on any atom is 0.311 e. The van der Waals surface area contributed by atoms with Gasteiger partial charge in [0.2, 0.25) is 0 Å². The van der Waals surface area contributed by atoms with Crippen molar-refractivity contribution >= 4 is 5.97 Å². The number of aliphatic hydroxyl groups is 1. The number of hydrogen-bond donors (Lipinski definition) is 3. The van der Waals surface area contributed by atoms with Gasteiger partial charge >= 0.3 is 5.97 Å². The van der Waals surface area contributed by atoms with Gasteiger partial charge in [-0.05, 0) is 6.92 Å². The number of methoxy groups -OCH3 is 1. The van der Waals surface area contributed by atoms with Gasteiger partial charge in [0.05, 0.1) is 19.6 Å². The number of hydrogen-bond acceptors (Lipinski definition) is 3. The molecule has 78 valence electrons. The molecule has 0 rings (SSSR count). The van der Waals surface area contributed by atoms with Gasteiger partial charge in [0, 0.05) is 6.42 Å². The lowest BCUT2D eigenvalue weighted by molar-refractivity contribution is -0.451. The second kappa shape index (κ2) is 5.90. The molecule has 0 aromatic heterocycles. The van der Waals surface area contributed by atoms with E-state index in [4.69, 9.17) is 0 Å². The van der Waals surface area contributed by atoms with Crippen LogP contribution in [0.15, 0.2) is 0 Å². The maximum atomic E-state index is 10.8. The number of rotatable bonds is 5. The topological polar surface area (TPSA) is 102 Å². The number of esters is 1. The average Bonchev–Trinajstić information content (AvgIpc) is 2.03. The third-order valence-electron chi connectivity index (χ3n) is 1.91. The monoisotopic (exact) mass is 192 g/mol. The Morgan fingerprint density at radius 1 is 1.54 bits per heavy atom. The third kappa shape index (κ3) is 5.57. The molecule has 7 N–H and O–H groups in total. The number of aliphatic hydroxyl groups excluding tert-OH is 1. The van der Waals surface area contributed by atoms with Crippen LogP contribution in [-0.4, -0.2) is 36.4 Å². The number of ether oxygens (including phenoxy) is 1. The minimum atomic E-state index is -0.493. The fourth-order valence-corrected chi connectivity index (χ4v) is 0.976. The zero-order valence-electron chi connectivity index (χ0n) is 8.32. The summed E-state index contributed by atoms with van der Waals surface area (Å²) in [6.45, 7) is 1.83. The fraction of sp³-hybridized carbons (Fsp3) is 0.875. The Morgan fingerprint density at radius 2 is 2.08 bits per heavy atom. The second-order valence-corrected chi connectivity index (χ2v) is 3.43. The highest BCUT2D eigenvalue weighted by Gasteiger charge is 2.21. The SMILES string of the molecule is COC(=O)C[C@H]([NH3+])C[C@@H](O)[C@@H](C)[NH3+]. The zero-order chi connectivity index (χ0) is 10.4. The van der Waals surface area contributed by atoms with Gasteiger partial charge < -0.3 is 21.3 Å². The van der Waals surface area contributed by atoms with Crippen LogP contribution < -0.4 is 11.5 Å². The molecule has 0 spiro atoms. The molecule has 0 radical (unpaired) electrons. The van der Waals surface area contributed by atoms with Crippen LogP contribution in [0, 0.1) is 0 Å². The van der Waals surface area contributed by atoms with Crippen molar-refractivity contribution in [3.05, 3.63) is 0 Å². The number of carbonyl (C=O) groups excluding carboxylic acids is 1. The van der Waals surface area contributed by atoms with Gasteiger partial charge in [-0.2, -0.15) is 0 Å². The molecule has 0 aliphatic heterocycles. The Labute approximate surface area is 78.0 Å². The third-order valence-corrected chi connectivity index (χ3v) is 1.91. The Bertz CT molecular complexity index is 161. The summed E-state index contributed by atoms with van der Waals surface area (Å²) in [5, 5.41) is 9.43. The summed E-state index contributed by atoms with van der Waals surface area (Å²) in [5.74, 6) is -0.288. The Kier molecular flexibility index (Phi) is 5.61. The van der Waals surface area contributed by atoms with E-state index in [1.165, 1.54) is 7.11 Å². The lowest BCUT2D eigenvalue weighted by Crippen LogP contribution is -2.68. The van der Waals surface area contributed by atoms with Crippen LogP contribution in [-0.2, 0) is 9.53 Å². The molecule has 0 amide bonds. The minimum absolute atomic E-state index is 0.0399. The van der Waals surface area contributed by atoms with Crippen LogP contribution in [0.2, 0.25) is 0 Å². The van der Waals surface area contributed by atoms with Crippen molar-refractivity contribution in [2.75, 3.05) is 7.11 Å². The van der Waals surface area contributed by atoms with Crippen LogP contribution in [0.25, 0.3) is 0 Å². The first kappa shape index (κ1) is 12.3. The van der Waals surface area contributed by atoms with Crippen molar-refractivity contribution in [2.24, 2.45) is 0 Å². The van der Waals surface area contributed by atoms with Crippen molar-refractivity contribution in [1.82, 2.24) is 0 Å². The van der Waals surface area contributed by atoms with Gasteiger partial charge in [0.1, 0.15) is 12.1 Å². The summed E-state index contributed by atoms with van der Waals surface area (Å²) in [6.07, 6.45) is 0.243. The normalized spacial score (nSPS) is 17.6.